The predicted molar refractivity (Wildman–Crippen MR) is 101 cm³/mol. The van der Waals surface area contributed by atoms with E-state index < -0.39 is 0 Å². The van der Waals surface area contributed by atoms with Crippen molar-refractivity contribution >= 4 is 23.4 Å². The molecule has 126 valence electrons. The average Bonchev–Trinajstić information content (AvgIpc) is 3.36. The summed E-state index contributed by atoms with van der Waals surface area (Å²) in [5.74, 6) is 0.743. The van der Waals surface area contributed by atoms with Gasteiger partial charge in [-0.2, -0.15) is 4.98 Å². The van der Waals surface area contributed by atoms with Crippen molar-refractivity contribution in [3.05, 3.63) is 58.7 Å². The Hall–Kier alpha value is -2.27. The number of fused-ring (bicyclic) bond motifs is 2. The number of benzene rings is 2. The molecule has 25 heavy (non-hydrogen) atoms. The van der Waals surface area contributed by atoms with E-state index in [1.807, 2.05) is 18.2 Å². The van der Waals surface area contributed by atoms with Crippen LogP contribution in [0, 0.1) is 0 Å². The largest absolute Gasteiger partial charge is 0.324 e. The highest BCUT2D eigenvalue weighted by Crippen LogP contribution is 2.39. The fourth-order valence-corrected chi connectivity index (χ4v) is 4.76. The van der Waals surface area contributed by atoms with Crippen LogP contribution in [0.5, 0.6) is 0 Å². The van der Waals surface area contributed by atoms with Gasteiger partial charge in [0.25, 0.3) is 0 Å². The third-order valence-electron chi connectivity index (χ3n) is 5.13. The minimum Gasteiger partial charge on any atom is -0.324 e. The Balaban J connectivity index is 1.43. The second kappa shape index (κ2) is 6.23. The maximum Gasteiger partial charge on any atom is 0.224 e. The number of rotatable bonds is 4. The van der Waals surface area contributed by atoms with Crippen molar-refractivity contribution in [1.29, 1.82) is 0 Å². The van der Waals surface area contributed by atoms with Gasteiger partial charge in [0, 0.05) is 10.6 Å². The van der Waals surface area contributed by atoms with Crippen LogP contribution in [0.3, 0.4) is 0 Å². The van der Waals surface area contributed by atoms with Gasteiger partial charge in [0.15, 0.2) is 0 Å². The molecule has 0 saturated carbocycles. The van der Waals surface area contributed by atoms with Gasteiger partial charge in [-0.1, -0.05) is 24.3 Å². The van der Waals surface area contributed by atoms with Crippen LogP contribution in [0.4, 0.5) is 11.6 Å². The highest BCUT2D eigenvalue weighted by atomic mass is 32.2. The van der Waals surface area contributed by atoms with Crippen molar-refractivity contribution < 1.29 is 0 Å². The third kappa shape index (κ3) is 2.82. The molecule has 3 aromatic rings. The van der Waals surface area contributed by atoms with Gasteiger partial charge in [-0.3, -0.25) is 0 Å². The van der Waals surface area contributed by atoms with E-state index in [0.717, 1.165) is 16.0 Å². The first-order chi connectivity index (χ1) is 12.4. The molecule has 0 fully saturated rings. The number of H-pyrrole nitrogens is 1. The molecule has 4 nitrogen and oxygen atoms in total. The van der Waals surface area contributed by atoms with Crippen molar-refractivity contribution in [3.63, 3.8) is 0 Å². The minimum absolute atomic E-state index is 0.743. The summed E-state index contributed by atoms with van der Waals surface area (Å²) in [5, 5.41) is 11.7. The normalized spacial score (nSPS) is 15.2. The molecule has 0 spiro atoms. The maximum atomic E-state index is 4.64. The third-order valence-corrected chi connectivity index (χ3v) is 6.01. The molecule has 1 heterocycles. The van der Waals surface area contributed by atoms with E-state index in [2.05, 4.69) is 38.7 Å². The van der Waals surface area contributed by atoms with Crippen LogP contribution in [0.15, 0.2) is 46.5 Å². The van der Waals surface area contributed by atoms with Gasteiger partial charge < -0.3 is 5.32 Å². The van der Waals surface area contributed by atoms with Crippen LogP contribution in [-0.4, -0.2) is 15.2 Å². The number of nitrogens with one attached hydrogen (secondary N) is 2. The fourth-order valence-electron chi connectivity index (χ4n) is 4.03. The SMILES string of the molecule is c1ccc(Sc2n[nH]c(Nc3c4c(cc5c3CCC5)CCC4)n2)cc1. The van der Waals surface area contributed by atoms with E-state index in [0.29, 0.717) is 0 Å². The minimum atomic E-state index is 0.743. The molecule has 5 rings (SSSR count). The van der Waals surface area contributed by atoms with Gasteiger partial charge in [-0.15, -0.1) is 5.10 Å². The average molecular weight is 348 g/mol. The van der Waals surface area contributed by atoms with Crippen molar-refractivity contribution in [2.24, 2.45) is 0 Å². The van der Waals surface area contributed by atoms with Gasteiger partial charge in [0.05, 0.1) is 0 Å². The van der Waals surface area contributed by atoms with Gasteiger partial charge >= 0.3 is 0 Å². The zero-order valence-corrected chi connectivity index (χ0v) is 14.8. The summed E-state index contributed by atoms with van der Waals surface area (Å²) in [6, 6.07) is 12.7. The Bertz CT molecular complexity index is 885. The van der Waals surface area contributed by atoms with Crippen LogP contribution in [-0.2, 0) is 25.7 Å². The van der Waals surface area contributed by atoms with Crippen LogP contribution < -0.4 is 5.32 Å². The quantitative estimate of drug-likeness (QED) is 0.719. The van der Waals surface area contributed by atoms with Gasteiger partial charge in [-0.25, -0.2) is 5.10 Å². The number of aromatic amines is 1. The van der Waals surface area contributed by atoms with Crippen LogP contribution in [0.25, 0.3) is 0 Å². The number of nitrogens with zero attached hydrogens (tertiary/aromatic N) is 2. The lowest BCUT2D eigenvalue weighted by Crippen LogP contribution is -2.02. The lowest BCUT2D eigenvalue weighted by molar-refractivity contribution is 0.898. The first-order valence-electron chi connectivity index (χ1n) is 8.95. The van der Waals surface area contributed by atoms with Crippen molar-refractivity contribution in [3.8, 4) is 0 Å². The fraction of sp³-hybridized carbons (Fsp3) is 0.300. The second-order valence-electron chi connectivity index (χ2n) is 6.74. The van der Waals surface area contributed by atoms with E-state index in [1.54, 1.807) is 11.8 Å². The Morgan fingerprint density at radius 2 is 1.64 bits per heavy atom. The topological polar surface area (TPSA) is 53.6 Å². The molecule has 1 aromatic heterocycles. The number of anilines is 2. The molecular weight excluding hydrogens is 328 g/mol. The van der Waals surface area contributed by atoms with Crippen LogP contribution in [0.2, 0.25) is 0 Å². The first-order valence-corrected chi connectivity index (χ1v) is 9.77. The zero-order valence-electron chi connectivity index (χ0n) is 14.0. The molecule has 0 bridgehead atoms. The molecule has 0 radical (unpaired) electrons. The summed E-state index contributed by atoms with van der Waals surface area (Å²) in [6.07, 6.45) is 7.29. The predicted octanol–water partition coefficient (Wildman–Crippen LogP) is 4.68. The summed E-state index contributed by atoms with van der Waals surface area (Å²) >= 11 is 1.58. The summed E-state index contributed by atoms with van der Waals surface area (Å²) in [6.45, 7) is 0. The molecule has 0 saturated heterocycles. The highest BCUT2D eigenvalue weighted by Gasteiger charge is 2.24. The molecular formula is C20H20N4S. The van der Waals surface area contributed by atoms with E-state index in [4.69, 9.17) is 0 Å². The lowest BCUT2D eigenvalue weighted by Gasteiger charge is -2.15. The number of hydrogen-bond acceptors (Lipinski definition) is 4. The summed E-state index contributed by atoms with van der Waals surface area (Å²) in [4.78, 5) is 5.78. The Kier molecular flexibility index (Phi) is 3.74. The monoisotopic (exact) mass is 348 g/mol. The molecule has 2 aromatic carbocycles. The Labute approximate surface area is 151 Å². The molecule has 2 aliphatic rings. The van der Waals surface area contributed by atoms with Crippen molar-refractivity contribution in [2.45, 2.75) is 48.6 Å². The molecule has 5 heteroatoms. The zero-order chi connectivity index (χ0) is 16.6. The van der Waals surface area contributed by atoms with Crippen molar-refractivity contribution in [2.75, 3.05) is 5.32 Å². The molecule has 0 unspecified atom stereocenters. The van der Waals surface area contributed by atoms with E-state index >= 15 is 0 Å². The van der Waals surface area contributed by atoms with Gasteiger partial charge in [0.1, 0.15) is 0 Å². The van der Waals surface area contributed by atoms with E-state index in [1.165, 1.54) is 66.5 Å². The molecule has 2 N–H and O–H groups in total. The maximum absolute atomic E-state index is 4.64. The summed E-state index contributed by atoms with van der Waals surface area (Å²) in [5.41, 5.74) is 7.35. The Morgan fingerprint density at radius 1 is 0.920 bits per heavy atom. The van der Waals surface area contributed by atoms with Crippen molar-refractivity contribution in [1.82, 2.24) is 15.2 Å². The first kappa shape index (κ1) is 15.0. The summed E-state index contributed by atoms with van der Waals surface area (Å²) < 4.78 is 0. The smallest absolute Gasteiger partial charge is 0.224 e. The number of aromatic nitrogens is 3. The molecule has 2 aliphatic carbocycles. The van der Waals surface area contributed by atoms with E-state index in [-0.39, 0.29) is 0 Å². The summed E-state index contributed by atoms with van der Waals surface area (Å²) in [7, 11) is 0. The highest BCUT2D eigenvalue weighted by molar-refractivity contribution is 7.99. The molecule has 0 atom stereocenters. The van der Waals surface area contributed by atoms with E-state index in [9.17, 15) is 0 Å². The van der Waals surface area contributed by atoms with Crippen LogP contribution >= 0.6 is 11.8 Å². The lowest BCUT2D eigenvalue weighted by atomic mass is 9.99. The number of hydrogen-bond donors (Lipinski definition) is 2. The van der Waals surface area contributed by atoms with Gasteiger partial charge in [0.2, 0.25) is 11.1 Å². The standard InChI is InChI=1S/C20H20N4S/c1-2-8-15(9-3-1)25-20-22-19(23-24-20)21-18-16-10-4-6-13(16)12-14-7-5-11-17(14)18/h1-3,8-9,12H,4-7,10-11H2,(H2,21,22,23,24). The molecule has 0 amide bonds. The van der Waals surface area contributed by atoms with Crippen LogP contribution in [0.1, 0.15) is 35.1 Å². The number of aryl methyl sites for hydroxylation is 2. The molecule has 0 aliphatic heterocycles. The second-order valence-corrected chi connectivity index (χ2v) is 7.78. The Morgan fingerprint density at radius 3 is 2.36 bits per heavy atom. The van der Waals surface area contributed by atoms with Gasteiger partial charge in [-0.05, 0) is 84.7 Å².